The highest BCUT2D eigenvalue weighted by Crippen LogP contribution is 2.21. The Morgan fingerprint density at radius 2 is 1.62 bits per heavy atom. The van der Waals surface area contributed by atoms with Gasteiger partial charge in [-0.3, -0.25) is 4.79 Å². The summed E-state index contributed by atoms with van der Waals surface area (Å²) < 4.78 is 0. The Morgan fingerprint density at radius 1 is 1.19 bits per heavy atom. The smallest absolute Gasteiger partial charge is 0.326 e. The van der Waals surface area contributed by atoms with E-state index in [1.54, 1.807) is 7.05 Å². The lowest BCUT2D eigenvalue weighted by atomic mass is 9.88. The van der Waals surface area contributed by atoms with E-state index in [0.29, 0.717) is 5.92 Å². The van der Waals surface area contributed by atoms with Crippen LogP contribution in [0.3, 0.4) is 0 Å². The SMILES string of the molecule is CCC(CC)C(C)C(=O)N(C)C(C)C(=O)O. The number of nitrogens with zero attached hydrogens (tertiary/aromatic N) is 1. The van der Waals surface area contributed by atoms with Gasteiger partial charge in [-0.05, 0) is 12.8 Å². The monoisotopic (exact) mass is 229 g/mol. The number of likely N-dealkylation sites (N-methyl/N-ethyl adjacent to an activating group) is 1. The summed E-state index contributed by atoms with van der Waals surface area (Å²) in [5.41, 5.74) is 0. The van der Waals surface area contributed by atoms with Crippen LogP contribution in [0.5, 0.6) is 0 Å². The number of hydrogen-bond acceptors (Lipinski definition) is 2. The first-order valence-corrected chi connectivity index (χ1v) is 5.86. The third-order valence-corrected chi connectivity index (χ3v) is 3.43. The first-order valence-electron chi connectivity index (χ1n) is 5.86. The average Bonchev–Trinajstić information content (AvgIpc) is 2.27. The molecule has 0 bridgehead atoms. The molecule has 0 aromatic heterocycles. The molecule has 1 amide bonds. The number of aliphatic carboxylic acids is 1. The van der Waals surface area contributed by atoms with Gasteiger partial charge >= 0.3 is 5.97 Å². The molecule has 4 nitrogen and oxygen atoms in total. The maximum Gasteiger partial charge on any atom is 0.326 e. The van der Waals surface area contributed by atoms with Crippen molar-refractivity contribution in [3.8, 4) is 0 Å². The molecule has 0 radical (unpaired) electrons. The summed E-state index contributed by atoms with van der Waals surface area (Å²) in [4.78, 5) is 24.1. The minimum absolute atomic E-state index is 0.0800. The van der Waals surface area contributed by atoms with Crippen LogP contribution in [0, 0.1) is 11.8 Å². The fourth-order valence-corrected chi connectivity index (χ4v) is 1.88. The quantitative estimate of drug-likeness (QED) is 0.757. The normalized spacial score (nSPS) is 14.6. The zero-order chi connectivity index (χ0) is 12.9. The van der Waals surface area contributed by atoms with Gasteiger partial charge in [-0.15, -0.1) is 0 Å². The van der Waals surface area contributed by atoms with Crippen LogP contribution in [-0.4, -0.2) is 35.0 Å². The standard InChI is InChI=1S/C12H23NO3/c1-6-10(7-2)8(3)11(14)13(5)9(4)12(15)16/h8-10H,6-7H2,1-5H3,(H,15,16). The van der Waals surface area contributed by atoms with Crippen molar-refractivity contribution < 1.29 is 14.7 Å². The molecule has 1 N–H and O–H groups in total. The van der Waals surface area contributed by atoms with Crippen LogP contribution in [0.1, 0.15) is 40.5 Å². The largest absolute Gasteiger partial charge is 0.480 e. The van der Waals surface area contributed by atoms with Gasteiger partial charge in [0.15, 0.2) is 0 Å². The van der Waals surface area contributed by atoms with E-state index in [1.165, 1.54) is 11.8 Å². The second kappa shape index (κ2) is 6.51. The maximum atomic E-state index is 12.0. The van der Waals surface area contributed by atoms with E-state index in [1.807, 2.05) is 6.92 Å². The van der Waals surface area contributed by atoms with E-state index < -0.39 is 12.0 Å². The molecule has 94 valence electrons. The minimum atomic E-state index is -0.965. The topological polar surface area (TPSA) is 57.6 Å². The van der Waals surface area contributed by atoms with E-state index in [0.717, 1.165) is 12.8 Å². The molecular weight excluding hydrogens is 206 g/mol. The highest BCUT2D eigenvalue weighted by molar-refractivity contribution is 5.84. The van der Waals surface area contributed by atoms with Gasteiger partial charge in [0.2, 0.25) is 5.91 Å². The average molecular weight is 229 g/mol. The van der Waals surface area contributed by atoms with Crippen molar-refractivity contribution in [3.05, 3.63) is 0 Å². The Morgan fingerprint density at radius 3 is 1.94 bits per heavy atom. The Bertz CT molecular complexity index is 249. The molecule has 0 aromatic rings. The Labute approximate surface area is 97.6 Å². The van der Waals surface area contributed by atoms with Crippen molar-refractivity contribution >= 4 is 11.9 Å². The fraction of sp³-hybridized carbons (Fsp3) is 0.833. The van der Waals surface area contributed by atoms with Crippen molar-refractivity contribution in [3.63, 3.8) is 0 Å². The summed E-state index contributed by atoms with van der Waals surface area (Å²) in [5, 5.41) is 8.84. The highest BCUT2D eigenvalue weighted by Gasteiger charge is 2.28. The molecule has 4 heteroatoms. The highest BCUT2D eigenvalue weighted by atomic mass is 16.4. The van der Waals surface area contributed by atoms with Gasteiger partial charge in [-0.1, -0.05) is 33.6 Å². The molecule has 0 rings (SSSR count). The summed E-state index contributed by atoms with van der Waals surface area (Å²) in [5.74, 6) is -0.825. The van der Waals surface area contributed by atoms with E-state index >= 15 is 0 Å². The van der Waals surface area contributed by atoms with Crippen LogP contribution in [0.2, 0.25) is 0 Å². The summed E-state index contributed by atoms with van der Waals surface area (Å²) in [6.45, 7) is 7.52. The number of hydrogen-bond donors (Lipinski definition) is 1. The van der Waals surface area contributed by atoms with Crippen LogP contribution in [0.25, 0.3) is 0 Å². The molecule has 0 spiro atoms. The molecule has 0 aromatic carbocycles. The van der Waals surface area contributed by atoms with Gasteiger partial charge in [-0.2, -0.15) is 0 Å². The summed E-state index contributed by atoms with van der Waals surface area (Å²) in [7, 11) is 1.56. The van der Waals surface area contributed by atoms with Gasteiger partial charge in [0.1, 0.15) is 6.04 Å². The molecule has 0 aliphatic carbocycles. The van der Waals surface area contributed by atoms with Crippen LogP contribution in [0.4, 0.5) is 0 Å². The first-order chi connectivity index (χ1) is 7.36. The molecule has 2 unspecified atom stereocenters. The van der Waals surface area contributed by atoms with Crippen molar-refractivity contribution in [2.75, 3.05) is 7.05 Å². The molecule has 0 heterocycles. The van der Waals surface area contributed by atoms with Crippen LogP contribution in [0.15, 0.2) is 0 Å². The first kappa shape index (κ1) is 14.9. The van der Waals surface area contributed by atoms with Crippen LogP contribution < -0.4 is 0 Å². The number of rotatable bonds is 6. The van der Waals surface area contributed by atoms with Crippen LogP contribution in [-0.2, 0) is 9.59 Å². The van der Waals surface area contributed by atoms with Gasteiger partial charge in [0.05, 0.1) is 0 Å². The lowest BCUT2D eigenvalue weighted by Crippen LogP contribution is -2.44. The molecule has 2 atom stereocenters. The second-order valence-electron chi connectivity index (χ2n) is 4.33. The van der Waals surface area contributed by atoms with Gasteiger partial charge in [0.25, 0.3) is 0 Å². The Balaban J connectivity index is 4.60. The molecule has 0 aliphatic rings. The minimum Gasteiger partial charge on any atom is -0.480 e. The van der Waals surface area contributed by atoms with Gasteiger partial charge < -0.3 is 10.0 Å². The summed E-state index contributed by atoms with van der Waals surface area (Å²) in [6.07, 6.45) is 1.89. The number of carboxylic acid groups (broad SMARTS) is 1. The lowest BCUT2D eigenvalue weighted by molar-refractivity contribution is -0.150. The molecule has 0 fully saturated rings. The van der Waals surface area contributed by atoms with E-state index in [9.17, 15) is 9.59 Å². The van der Waals surface area contributed by atoms with E-state index in [2.05, 4.69) is 13.8 Å². The van der Waals surface area contributed by atoms with Crippen molar-refractivity contribution in [2.24, 2.45) is 11.8 Å². The fourth-order valence-electron chi connectivity index (χ4n) is 1.88. The van der Waals surface area contributed by atoms with Crippen molar-refractivity contribution in [1.29, 1.82) is 0 Å². The zero-order valence-electron chi connectivity index (χ0n) is 10.9. The Kier molecular flexibility index (Phi) is 6.08. The zero-order valence-corrected chi connectivity index (χ0v) is 10.9. The van der Waals surface area contributed by atoms with Crippen molar-refractivity contribution in [1.82, 2.24) is 4.90 Å². The predicted molar refractivity (Wildman–Crippen MR) is 63.1 cm³/mol. The molecule has 0 saturated heterocycles. The molecule has 16 heavy (non-hydrogen) atoms. The summed E-state index contributed by atoms with van der Waals surface area (Å²) >= 11 is 0. The van der Waals surface area contributed by atoms with Crippen molar-refractivity contribution in [2.45, 2.75) is 46.6 Å². The third kappa shape index (κ3) is 3.51. The van der Waals surface area contributed by atoms with Gasteiger partial charge in [-0.25, -0.2) is 4.79 Å². The third-order valence-electron chi connectivity index (χ3n) is 3.43. The van der Waals surface area contributed by atoms with E-state index in [4.69, 9.17) is 5.11 Å². The molecular formula is C12H23NO3. The number of carboxylic acids is 1. The maximum absolute atomic E-state index is 12.0. The Hall–Kier alpha value is -1.06. The number of amides is 1. The summed E-state index contributed by atoms with van der Waals surface area (Å²) in [6, 6.07) is -0.760. The molecule has 0 saturated carbocycles. The van der Waals surface area contributed by atoms with E-state index in [-0.39, 0.29) is 11.8 Å². The second-order valence-corrected chi connectivity index (χ2v) is 4.33. The molecule has 0 aliphatic heterocycles. The van der Waals surface area contributed by atoms with Crippen LogP contribution >= 0.6 is 0 Å². The predicted octanol–water partition coefficient (Wildman–Crippen LogP) is 1.99. The number of carbonyl (C=O) groups excluding carboxylic acids is 1. The lowest BCUT2D eigenvalue weighted by Gasteiger charge is -2.28. The van der Waals surface area contributed by atoms with Gasteiger partial charge in [0, 0.05) is 13.0 Å². The number of carbonyl (C=O) groups is 2.